The summed E-state index contributed by atoms with van der Waals surface area (Å²) >= 11 is 0. The molecule has 0 aromatic rings. The van der Waals surface area contributed by atoms with Gasteiger partial charge in [-0.05, 0) is 6.42 Å². The smallest absolute Gasteiger partial charge is 0.0428 e. The maximum atomic E-state index is 5.17. The van der Waals surface area contributed by atoms with E-state index < -0.39 is 0 Å². The topological polar surface area (TPSA) is 38.0 Å². The number of halogens is 1. The fourth-order valence-corrected chi connectivity index (χ4v) is 0.704. The molecule has 0 heterocycles. The highest BCUT2D eigenvalue weighted by atomic mass is 35.5. The van der Waals surface area contributed by atoms with Crippen molar-refractivity contribution in [3.63, 3.8) is 0 Å². The third-order valence-electron chi connectivity index (χ3n) is 1.19. The first-order valence-electron chi connectivity index (χ1n) is 2.73. The van der Waals surface area contributed by atoms with Crippen molar-refractivity contribution >= 4 is 12.4 Å². The van der Waals surface area contributed by atoms with Crippen molar-refractivity contribution in [2.45, 2.75) is 12.5 Å². The summed E-state index contributed by atoms with van der Waals surface area (Å²) < 4.78 is 0. The molecule has 9 heavy (non-hydrogen) atoms. The van der Waals surface area contributed by atoms with Gasteiger partial charge in [-0.15, -0.1) is 12.4 Å². The van der Waals surface area contributed by atoms with Crippen molar-refractivity contribution in [2.24, 2.45) is 5.84 Å². The highest BCUT2D eigenvalue weighted by molar-refractivity contribution is 5.85. The molecule has 0 saturated heterocycles. The van der Waals surface area contributed by atoms with E-state index in [0.717, 1.165) is 6.42 Å². The summed E-state index contributed by atoms with van der Waals surface area (Å²) in [5.41, 5.74) is 2.67. The molecule has 0 spiro atoms. The van der Waals surface area contributed by atoms with Gasteiger partial charge in [0.2, 0.25) is 0 Å². The van der Waals surface area contributed by atoms with Gasteiger partial charge in [-0.1, -0.05) is 24.3 Å². The van der Waals surface area contributed by atoms with Crippen LogP contribution < -0.4 is 11.3 Å². The lowest BCUT2D eigenvalue weighted by atomic mass is 10.1. The molecule has 0 amide bonds. The summed E-state index contributed by atoms with van der Waals surface area (Å²) in [7, 11) is 0. The molecule has 0 saturated carbocycles. The third-order valence-corrected chi connectivity index (χ3v) is 1.19. The summed E-state index contributed by atoms with van der Waals surface area (Å²) in [6.45, 7) is 0. The zero-order chi connectivity index (χ0) is 5.82. The lowest BCUT2D eigenvalue weighted by molar-refractivity contribution is 0.623. The molecule has 0 aromatic carbocycles. The van der Waals surface area contributed by atoms with Crippen LogP contribution in [-0.4, -0.2) is 6.04 Å². The quantitative estimate of drug-likeness (QED) is 0.424. The monoisotopic (exact) mass is 146 g/mol. The average Bonchev–Trinajstić information content (AvgIpc) is 1.90. The molecule has 0 aromatic heterocycles. The van der Waals surface area contributed by atoms with Crippen molar-refractivity contribution in [3.8, 4) is 0 Å². The van der Waals surface area contributed by atoms with E-state index in [1.54, 1.807) is 0 Å². The largest absolute Gasteiger partial charge is 0.271 e. The van der Waals surface area contributed by atoms with Gasteiger partial charge < -0.3 is 0 Å². The highest BCUT2D eigenvalue weighted by Crippen LogP contribution is 1.99. The van der Waals surface area contributed by atoms with E-state index >= 15 is 0 Å². The van der Waals surface area contributed by atoms with E-state index in [9.17, 15) is 0 Å². The van der Waals surface area contributed by atoms with Crippen molar-refractivity contribution in [1.29, 1.82) is 0 Å². The van der Waals surface area contributed by atoms with Crippen LogP contribution in [-0.2, 0) is 0 Å². The van der Waals surface area contributed by atoms with E-state index in [2.05, 4.69) is 11.5 Å². The molecule has 1 aliphatic carbocycles. The molecule has 0 aliphatic heterocycles. The molecule has 0 fully saturated rings. The number of nitrogens with one attached hydrogen (secondary N) is 1. The van der Waals surface area contributed by atoms with Crippen molar-refractivity contribution < 1.29 is 0 Å². The van der Waals surface area contributed by atoms with Gasteiger partial charge in [-0.2, -0.15) is 0 Å². The number of hydrogen-bond acceptors (Lipinski definition) is 2. The maximum Gasteiger partial charge on any atom is 0.0428 e. The van der Waals surface area contributed by atoms with Crippen LogP contribution in [0, 0.1) is 0 Å². The first kappa shape index (κ1) is 8.69. The Labute approximate surface area is 61.2 Å². The number of hydrazine groups is 1. The van der Waals surface area contributed by atoms with Crippen LogP contribution in [0.15, 0.2) is 24.3 Å². The first-order chi connectivity index (χ1) is 3.93. The summed E-state index contributed by atoms with van der Waals surface area (Å²) in [6, 6.07) is 0.347. The Bertz CT molecular complexity index is 120. The molecule has 1 unspecified atom stereocenters. The summed E-state index contributed by atoms with van der Waals surface area (Å²) in [5, 5.41) is 0. The minimum absolute atomic E-state index is 0. The van der Waals surface area contributed by atoms with Gasteiger partial charge in [0.05, 0.1) is 0 Å². The molecule has 1 aliphatic rings. The van der Waals surface area contributed by atoms with Crippen LogP contribution in [0.2, 0.25) is 0 Å². The first-order valence-corrected chi connectivity index (χ1v) is 2.73. The average molecular weight is 147 g/mol. The minimum Gasteiger partial charge on any atom is -0.271 e. The molecule has 1 atom stereocenters. The van der Waals surface area contributed by atoms with Gasteiger partial charge in [-0.25, -0.2) is 0 Å². The Balaban J connectivity index is 0.000000640. The van der Waals surface area contributed by atoms with Gasteiger partial charge in [0, 0.05) is 6.04 Å². The van der Waals surface area contributed by atoms with Gasteiger partial charge >= 0.3 is 0 Å². The summed E-state index contributed by atoms with van der Waals surface area (Å²) in [6.07, 6.45) is 9.15. The Hall–Kier alpha value is -0.310. The van der Waals surface area contributed by atoms with Crippen molar-refractivity contribution in [2.75, 3.05) is 0 Å². The molecular formula is C6H11ClN2. The number of allylic oxidation sites excluding steroid dienone is 2. The molecule has 1 rings (SSSR count). The van der Waals surface area contributed by atoms with E-state index in [1.165, 1.54) is 0 Å². The predicted molar refractivity (Wildman–Crippen MR) is 41.3 cm³/mol. The van der Waals surface area contributed by atoms with E-state index in [-0.39, 0.29) is 12.4 Å². The zero-order valence-electron chi connectivity index (χ0n) is 5.08. The second-order valence-corrected chi connectivity index (χ2v) is 1.82. The van der Waals surface area contributed by atoms with E-state index in [1.807, 2.05) is 18.2 Å². The van der Waals surface area contributed by atoms with Crippen molar-refractivity contribution in [1.82, 2.24) is 5.43 Å². The van der Waals surface area contributed by atoms with Gasteiger partial charge in [0.15, 0.2) is 0 Å². The summed E-state index contributed by atoms with van der Waals surface area (Å²) in [5.74, 6) is 5.17. The normalized spacial score (nSPS) is 23.4. The lowest BCUT2D eigenvalue weighted by Crippen LogP contribution is -2.33. The minimum atomic E-state index is 0. The number of nitrogens with two attached hydrogens (primary N) is 1. The van der Waals surface area contributed by atoms with Gasteiger partial charge in [-0.3, -0.25) is 11.3 Å². The van der Waals surface area contributed by atoms with Crippen LogP contribution >= 0.6 is 12.4 Å². The van der Waals surface area contributed by atoms with Crippen LogP contribution in [0.5, 0.6) is 0 Å². The molecule has 0 radical (unpaired) electrons. The maximum absolute atomic E-state index is 5.17. The SMILES string of the molecule is Cl.NNC1C=CC=CC1. The highest BCUT2D eigenvalue weighted by Gasteiger charge is 1.98. The fourth-order valence-electron chi connectivity index (χ4n) is 0.704. The van der Waals surface area contributed by atoms with E-state index in [4.69, 9.17) is 5.84 Å². The Morgan fingerprint density at radius 3 is 2.56 bits per heavy atom. The zero-order valence-corrected chi connectivity index (χ0v) is 5.90. The molecule has 52 valence electrons. The van der Waals surface area contributed by atoms with E-state index in [0.29, 0.717) is 6.04 Å². The molecule has 3 N–H and O–H groups in total. The molecule has 2 nitrogen and oxygen atoms in total. The van der Waals surface area contributed by atoms with Gasteiger partial charge in [0.25, 0.3) is 0 Å². The second kappa shape index (κ2) is 4.56. The summed E-state index contributed by atoms with van der Waals surface area (Å²) in [4.78, 5) is 0. The second-order valence-electron chi connectivity index (χ2n) is 1.82. The standard InChI is InChI=1S/C6H10N2.ClH/c7-8-6-4-2-1-3-5-6;/h1-4,6,8H,5,7H2;1H. The van der Waals surface area contributed by atoms with Crippen LogP contribution in [0.4, 0.5) is 0 Å². The Morgan fingerprint density at radius 2 is 2.22 bits per heavy atom. The van der Waals surface area contributed by atoms with Crippen LogP contribution in [0.1, 0.15) is 6.42 Å². The molecule has 3 heteroatoms. The lowest BCUT2D eigenvalue weighted by Gasteiger charge is -2.09. The third kappa shape index (κ3) is 2.65. The number of rotatable bonds is 1. The van der Waals surface area contributed by atoms with Crippen molar-refractivity contribution in [3.05, 3.63) is 24.3 Å². The molecule has 0 bridgehead atoms. The Morgan fingerprint density at radius 1 is 1.44 bits per heavy atom. The fraction of sp³-hybridized carbons (Fsp3) is 0.333. The predicted octanol–water partition coefficient (Wildman–Crippen LogP) is 0.756. The van der Waals surface area contributed by atoms with Crippen LogP contribution in [0.25, 0.3) is 0 Å². The Kier molecular flexibility index (Phi) is 4.40. The number of hydrogen-bond donors (Lipinski definition) is 2. The van der Waals surface area contributed by atoms with Crippen LogP contribution in [0.3, 0.4) is 0 Å². The molecular weight excluding hydrogens is 136 g/mol. The van der Waals surface area contributed by atoms with Gasteiger partial charge in [0.1, 0.15) is 0 Å².